The van der Waals surface area contributed by atoms with Crippen LogP contribution in [0.2, 0.25) is 0 Å². The number of hydrogen-bond acceptors (Lipinski definition) is 4. The number of aromatic carboxylic acids is 1. The molecule has 2 N–H and O–H groups in total. The topological polar surface area (TPSA) is 62.5 Å². The van der Waals surface area contributed by atoms with E-state index < -0.39 is 5.97 Å². The van der Waals surface area contributed by atoms with Crippen LogP contribution >= 0.6 is 11.8 Å². The van der Waals surface area contributed by atoms with Crippen LogP contribution in [0, 0.1) is 0 Å². The summed E-state index contributed by atoms with van der Waals surface area (Å²) in [7, 11) is 0. The van der Waals surface area contributed by atoms with Crippen LogP contribution in [-0.2, 0) is 0 Å². The van der Waals surface area contributed by atoms with Gasteiger partial charge in [0.25, 0.3) is 0 Å². The second-order valence-corrected chi connectivity index (χ2v) is 4.92. The monoisotopic (exact) mass is 277 g/mol. The highest BCUT2D eigenvalue weighted by atomic mass is 32.2. The van der Waals surface area contributed by atoms with Crippen molar-refractivity contribution >= 4 is 23.4 Å². The van der Waals surface area contributed by atoms with Crippen LogP contribution in [0.15, 0.2) is 45.7 Å². The van der Waals surface area contributed by atoms with E-state index in [0.717, 1.165) is 10.6 Å². The molecule has 0 radical (unpaired) electrons. The average Bonchev–Trinajstić information content (AvgIpc) is 2.89. The molecule has 0 fully saturated rings. The van der Waals surface area contributed by atoms with Gasteiger partial charge in [0.05, 0.1) is 6.04 Å². The summed E-state index contributed by atoms with van der Waals surface area (Å²) in [5, 5.41) is 12.2. The molecule has 2 rings (SSSR count). The fourth-order valence-corrected chi connectivity index (χ4v) is 2.33. The van der Waals surface area contributed by atoms with Crippen molar-refractivity contribution in [3.63, 3.8) is 0 Å². The molecule has 0 aliphatic heterocycles. The SMILES string of the molecule is CSc1ccccc1NC(C)c1ccc(C(=O)O)o1. The lowest BCUT2D eigenvalue weighted by Gasteiger charge is -2.15. The van der Waals surface area contributed by atoms with E-state index >= 15 is 0 Å². The van der Waals surface area contributed by atoms with Crippen LogP contribution in [0.25, 0.3) is 0 Å². The minimum absolute atomic E-state index is 0.0400. The van der Waals surface area contributed by atoms with Crippen LogP contribution < -0.4 is 5.32 Å². The van der Waals surface area contributed by atoms with Crippen molar-refractivity contribution < 1.29 is 14.3 Å². The van der Waals surface area contributed by atoms with E-state index in [2.05, 4.69) is 5.32 Å². The van der Waals surface area contributed by atoms with E-state index in [1.807, 2.05) is 37.4 Å². The van der Waals surface area contributed by atoms with E-state index in [1.54, 1.807) is 17.8 Å². The Bertz CT molecular complexity index is 580. The van der Waals surface area contributed by atoms with E-state index in [4.69, 9.17) is 9.52 Å². The normalized spacial score (nSPS) is 12.1. The molecule has 19 heavy (non-hydrogen) atoms. The summed E-state index contributed by atoms with van der Waals surface area (Å²) in [5.41, 5.74) is 1.01. The molecule has 0 aliphatic carbocycles. The number of carboxylic acids is 1. The summed E-state index contributed by atoms with van der Waals surface area (Å²) in [6.45, 7) is 1.93. The zero-order chi connectivity index (χ0) is 13.8. The number of para-hydroxylation sites is 1. The molecule has 100 valence electrons. The van der Waals surface area contributed by atoms with Crippen molar-refractivity contribution in [3.8, 4) is 0 Å². The van der Waals surface area contributed by atoms with Crippen LogP contribution in [0.5, 0.6) is 0 Å². The molecule has 5 heteroatoms. The number of carboxylic acid groups (broad SMARTS) is 1. The number of benzene rings is 1. The van der Waals surface area contributed by atoms with E-state index in [1.165, 1.54) is 6.07 Å². The predicted octanol–water partition coefficient (Wildman–Crippen LogP) is 3.87. The summed E-state index contributed by atoms with van der Waals surface area (Å²) in [6.07, 6.45) is 2.01. The molecule has 0 aliphatic rings. The number of furan rings is 1. The van der Waals surface area contributed by atoms with Gasteiger partial charge in [0.2, 0.25) is 5.76 Å². The third kappa shape index (κ3) is 3.12. The summed E-state index contributed by atoms with van der Waals surface area (Å²) in [6, 6.07) is 11.0. The molecule has 0 amide bonds. The van der Waals surface area contributed by atoms with Crippen LogP contribution in [0.3, 0.4) is 0 Å². The van der Waals surface area contributed by atoms with Gasteiger partial charge >= 0.3 is 5.97 Å². The Labute approximate surface area is 115 Å². The highest BCUT2D eigenvalue weighted by molar-refractivity contribution is 7.98. The van der Waals surface area contributed by atoms with Gasteiger partial charge in [0.1, 0.15) is 5.76 Å². The van der Waals surface area contributed by atoms with E-state index in [-0.39, 0.29) is 11.8 Å². The van der Waals surface area contributed by atoms with Gasteiger partial charge in [-0.25, -0.2) is 4.79 Å². The molecule has 2 aromatic rings. The second-order valence-electron chi connectivity index (χ2n) is 4.07. The average molecular weight is 277 g/mol. The van der Waals surface area contributed by atoms with Gasteiger partial charge in [-0.2, -0.15) is 0 Å². The number of carbonyl (C=O) groups is 1. The number of nitrogens with one attached hydrogen (secondary N) is 1. The first-order valence-corrected chi connectivity index (χ1v) is 7.07. The summed E-state index contributed by atoms with van der Waals surface area (Å²) in [5.74, 6) is -0.488. The highest BCUT2D eigenvalue weighted by Crippen LogP contribution is 2.28. The summed E-state index contributed by atoms with van der Waals surface area (Å²) in [4.78, 5) is 11.9. The largest absolute Gasteiger partial charge is 0.475 e. The van der Waals surface area contributed by atoms with Crippen molar-refractivity contribution in [2.24, 2.45) is 0 Å². The highest BCUT2D eigenvalue weighted by Gasteiger charge is 2.14. The third-order valence-corrected chi connectivity index (χ3v) is 3.54. The number of hydrogen-bond donors (Lipinski definition) is 2. The lowest BCUT2D eigenvalue weighted by Crippen LogP contribution is -2.06. The quantitative estimate of drug-likeness (QED) is 0.812. The number of thioether (sulfide) groups is 1. The number of rotatable bonds is 5. The van der Waals surface area contributed by atoms with Gasteiger partial charge in [0, 0.05) is 10.6 Å². The molecule has 0 saturated heterocycles. The Morgan fingerprint density at radius 3 is 2.68 bits per heavy atom. The molecule has 1 unspecified atom stereocenters. The van der Waals surface area contributed by atoms with Gasteiger partial charge in [-0.3, -0.25) is 0 Å². The summed E-state index contributed by atoms with van der Waals surface area (Å²) >= 11 is 1.66. The third-order valence-electron chi connectivity index (χ3n) is 2.74. The molecule has 0 spiro atoms. The van der Waals surface area contributed by atoms with E-state index in [9.17, 15) is 4.79 Å². The maximum Gasteiger partial charge on any atom is 0.371 e. The van der Waals surface area contributed by atoms with Crippen LogP contribution in [0.4, 0.5) is 5.69 Å². The maximum atomic E-state index is 10.8. The lowest BCUT2D eigenvalue weighted by atomic mass is 10.2. The van der Waals surface area contributed by atoms with Gasteiger partial charge < -0.3 is 14.8 Å². The molecular weight excluding hydrogens is 262 g/mol. The Hall–Kier alpha value is -1.88. The Morgan fingerprint density at radius 1 is 1.32 bits per heavy atom. The van der Waals surface area contributed by atoms with Crippen molar-refractivity contribution in [2.75, 3.05) is 11.6 Å². The summed E-state index contributed by atoms with van der Waals surface area (Å²) < 4.78 is 5.28. The number of anilines is 1. The Kier molecular flexibility index (Phi) is 4.16. The van der Waals surface area contributed by atoms with Gasteiger partial charge in [-0.15, -0.1) is 11.8 Å². The fraction of sp³-hybridized carbons (Fsp3) is 0.214. The van der Waals surface area contributed by atoms with Crippen molar-refractivity contribution in [1.29, 1.82) is 0 Å². The molecule has 1 heterocycles. The zero-order valence-electron chi connectivity index (χ0n) is 10.7. The maximum absolute atomic E-state index is 10.8. The molecule has 0 bridgehead atoms. The molecule has 1 atom stereocenters. The molecule has 0 saturated carbocycles. The molecule has 1 aromatic carbocycles. The minimum atomic E-state index is -1.05. The van der Waals surface area contributed by atoms with E-state index in [0.29, 0.717) is 5.76 Å². The standard InChI is InChI=1S/C14H15NO3S/c1-9(11-7-8-12(18-11)14(16)17)15-10-5-3-4-6-13(10)19-2/h3-9,15H,1-2H3,(H,16,17). The molecular formula is C14H15NO3S. The Morgan fingerprint density at radius 2 is 2.05 bits per heavy atom. The van der Waals surface area contributed by atoms with Crippen molar-refractivity contribution in [2.45, 2.75) is 17.9 Å². The van der Waals surface area contributed by atoms with Crippen molar-refractivity contribution in [3.05, 3.63) is 47.9 Å². The fourth-order valence-electron chi connectivity index (χ4n) is 1.77. The predicted molar refractivity (Wildman–Crippen MR) is 75.9 cm³/mol. The first kappa shape index (κ1) is 13.5. The Balaban J connectivity index is 2.15. The van der Waals surface area contributed by atoms with Crippen LogP contribution in [-0.4, -0.2) is 17.3 Å². The first-order valence-electron chi connectivity index (χ1n) is 5.84. The van der Waals surface area contributed by atoms with Gasteiger partial charge in [-0.1, -0.05) is 12.1 Å². The molecule has 1 aromatic heterocycles. The lowest BCUT2D eigenvalue weighted by molar-refractivity contribution is 0.0660. The van der Waals surface area contributed by atoms with Gasteiger partial charge in [-0.05, 0) is 37.4 Å². The first-order chi connectivity index (χ1) is 9.11. The van der Waals surface area contributed by atoms with Crippen LogP contribution in [0.1, 0.15) is 29.3 Å². The minimum Gasteiger partial charge on any atom is -0.475 e. The smallest absolute Gasteiger partial charge is 0.371 e. The van der Waals surface area contributed by atoms with Gasteiger partial charge in [0.15, 0.2) is 0 Å². The molecule has 4 nitrogen and oxygen atoms in total. The second kappa shape index (κ2) is 5.84. The van der Waals surface area contributed by atoms with Crippen molar-refractivity contribution in [1.82, 2.24) is 0 Å². The zero-order valence-corrected chi connectivity index (χ0v) is 11.5.